The number of fused-ring (bicyclic) bond motifs is 1. The van der Waals surface area contributed by atoms with Crippen molar-refractivity contribution in [1.82, 2.24) is 0 Å². The molecule has 0 saturated heterocycles. The van der Waals surface area contributed by atoms with Crippen LogP contribution in [0.25, 0.3) is 0 Å². The highest BCUT2D eigenvalue weighted by Gasteiger charge is 2.31. The first-order valence-corrected chi connectivity index (χ1v) is 10.7. The molecule has 0 spiro atoms. The smallest absolute Gasteiger partial charge is 0.342 e. The van der Waals surface area contributed by atoms with Crippen LogP contribution in [0.2, 0.25) is 0 Å². The summed E-state index contributed by atoms with van der Waals surface area (Å²) >= 11 is 1.53. The zero-order chi connectivity index (χ0) is 21.2. The zero-order valence-electron chi connectivity index (χ0n) is 17.7. The molecule has 7 heteroatoms. The number of benzene rings is 1. The maximum atomic E-state index is 12.9. The maximum Gasteiger partial charge on any atom is 0.342 e. The van der Waals surface area contributed by atoms with Crippen LogP contribution in [0.1, 0.15) is 54.1 Å². The summed E-state index contributed by atoms with van der Waals surface area (Å²) in [6, 6.07) is 5.28. The Balaban J connectivity index is 2.00. The average Bonchev–Trinajstić information content (AvgIpc) is 2.98. The number of carbonyl (C=O) groups excluding carboxylic acids is 1. The number of quaternary nitrogens is 1. The molecule has 1 aromatic heterocycles. The van der Waals surface area contributed by atoms with Gasteiger partial charge in [0, 0.05) is 18.2 Å². The molecular formula is C22H29N2O4S+. The summed E-state index contributed by atoms with van der Waals surface area (Å²) in [6.45, 7) is 9.76. The summed E-state index contributed by atoms with van der Waals surface area (Å²) in [5.41, 5.74) is 1.58. The predicted octanol–water partition coefficient (Wildman–Crippen LogP) is 3.13. The summed E-state index contributed by atoms with van der Waals surface area (Å²) in [5, 5.41) is 11.0. The molecule has 29 heavy (non-hydrogen) atoms. The van der Waals surface area contributed by atoms with Crippen molar-refractivity contribution in [3.63, 3.8) is 0 Å². The highest BCUT2D eigenvalue weighted by atomic mass is 32.1. The lowest BCUT2D eigenvalue weighted by Crippen LogP contribution is -3.08. The van der Waals surface area contributed by atoms with Gasteiger partial charge in [0.05, 0.1) is 25.1 Å². The lowest BCUT2D eigenvalue weighted by molar-refractivity contribution is -0.895. The molecule has 3 rings (SSSR count). The summed E-state index contributed by atoms with van der Waals surface area (Å²) in [4.78, 5) is 20.1. The molecule has 1 aliphatic rings. The molecule has 0 fully saturated rings. The normalized spacial score (nSPS) is 16.7. The number of phenols is 1. The lowest BCUT2D eigenvalue weighted by atomic mass is 10.0. The van der Waals surface area contributed by atoms with Crippen molar-refractivity contribution in [2.45, 2.75) is 46.3 Å². The number of esters is 1. The molecule has 0 aliphatic carbocycles. The summed E-state index contributed by atoms with van der Waals surface area (Å²) < 4.78 is 11.1. The molecule has 1 unspecified atom stereocenters. The van der Waals surface area contributed by atoms with Gasteiger partial charge in [-0.15, -0.1) is 11.3 Å². The molecule has 2 aromatic rings. The van der Waals surface area contributed by atoms with E-state index >= 15 is 0 Å². The van der Waals surface area contributed by atoms with Crippen LogP contribution in [0.15, 0.2) is 23.2 Å². The molecule has 1 aromatic carbocycles. The monoisotopic (exact) mass is 417 g/mol. The van der Waals surface area contributed by atoms with Gasteiger partial charge in [0.15, 0.2) is 11.5 Å². The fourth-order valence-corrected chi connectivity index (χ4v) is 4.57. The first-order valence-electron chi connectivity index (χ1n) is 9.87. The van der Waals surface area contributed by atoms with Crippen LogP contribution in [0.4, 0.5) is 5.00 Å². The first-order chi connectivity index (χ1) is 13.7. The lowest BCUT2D eigenvalue weighted by Gasteiger charge is -2.22. The Morgan fingerprint density at radius 2 is 2.14 bits per heavy atom. The second kappa shape index (κ2) is 8.55. The van der Waals surface area contributed by atoms with E-state index in [1.807, 2.05) is 27.7 Å². The van der Waals surface area contributed by atoms with Crippen molar-refractivity contribution < 1.29 is 24.3 Å². The maximum absolute atomic E-state index is 12.9. The van der Waals surface area contributed by atoms with Gasteiger partial charge < -0.3 is 19.5 Å². The topological polar surface area (TPSA) is 72.6 Å². The highest BCUT2D eigenvalue weighted by molar-refractivity contribution is 7.16. The fourth-order valence-electron chi connectivity index (χ4n) is 3.28. The number of phenolic OH excluding ortho intramolecular Hbond substituents is 1. The number of carbonyl (C=O) groups is 1. The molecular weight excluding hydrogens is 388 g/mol. The number of para-hydroxylation sites is 1. The molecule has 1 atom stereocenters. The minimum absolute atomic E-state index is 0.0439. The van der Waals surface area contributed by atoms with Crippen molar-refractivity contribution in [2.24, 2.45) is 4.99 Å². The third kappa shape index (κ3) is 4.97. The van der Waals surface area contributed by atoms with Crippen LogP contribution in [0.3, 0.4) is 0 Å². The van der Waals surface area contributed by atoms with Crippen molar-refractivity contribution in [2.75, 3.05) is 20.2 Å². The van der Waals surface area contributed by atoms with E-state index in [0.29, 0.717) is 28.5 Å². The number of nitrogens with zero attached hydrogens (tertiary/aromatic N) is 1. The van der Waals surface area contributed by atoms with E-state index in [1.54, 1.807) is 24.4 Å². The van der Waals surface area contributed by atoms with E-state index < -0.39 is 5.60 Å². The standard InChI is InChI=1S/C22H28N2O4S/c1-6-27-16-9-7-8-14(19(16)25)12-23-20-18(21(26)28-22(2,3)4)15-10-11-24(5)13-17(15)29-20/h7-9,12,25H,6,10-11,13H2,1-5H3/p+1/b23-12+. The molecule has 0 amide bonds. The second-order valence-corrected chi connectivity index (χ2v) is 9.29. The highest BCUT2D eigenvalue weighted by Crippen LogP contribution is 2.38. The van der Waals surface area contributed by atoms with E-state index in [4.69, 9.17) is 9.47 Å². The second-order valence-electron chi connectivity index (χ2n) is 8.20. The third-order valence-electron chi connectivity index (χ3n) is 4.59. The molecule has 2 heterocycles. The van der Waals surface area contributed by atoms with Crippen LogP contribution >= 0.6 is 11.3 Å². The van der Waals surface area contributed by atoms with Gasteiger partial charge in [-0.2, -0.15) is 0 Å². The predicted molar refractivity (Wildman–Crippen MR) is 115 cm³/mol. The Morgan fingerprint density at radius 3 is 2.83 bits per heavy atom. The molecule has 0 radical (unpaired) electrons. The molecule has 0 bridgehead atoms. The Hall–Kier alpha value is -2.38. The van der Waals surface area contributed by atoms with E-state index in [-0.39, 0.29) is 11.7 Å². The number of rotatable bonds is 5. The summed E-state index contributed by atoms with van der Waals surface area (Å²) in [7, 11) is 2.15. The fraction of sp³-hybridized carbons (Fsp3) is 0.455. The Bertz CT molecular complexity index is 928. The van der Waals surface area contributed by atoms with Gasteiger partial charge in [0.2, 0.25) is 0 Å². The van der Waals surface area contributed by atoms with Crippen LogP contribution < -0.4 is 9.64 Å². The number of nitrogens with one attached hydrogen (secondary N) is 1. The zero-order valence-corrected chi connectivity index (χ0v) is 18.5. The molecule has 1 aliphatic heterocycles. The van der Waals surface area contributed by atoms with Gasteiger partial charge >= 0.3 is 5.97 Å². The van der Waals surface area contributed by atoms with Crippen molar-refractivity contribution in [3.8, 4) is 11.5 Å². The molecule has 0 saturated carbocycles. The van der Waals surface area contributed by atoms with Crippen molar-refractivity contribution in [1.29, 1.82) is 0 Å². The van der Waals surface area contributed by atoms with E-state index in [1.165, 1.54) is 21.1 Å². The largest absolute Gasteiger partial charge is 0.504 e. The number of hydrogen-bond donors (Lipinski definition) is 2. The summed E-state index contributed by atoms with van der Waals surface area (Å²) in [6.07, 6.45) is 2.41. The average molecular weight is 418 g/mol. The molecule has 156 valence electrons. The van der Waals surface area contributed by atoms with Crippen LogP contribution in [-0.2, 0) is 17.7 Å². The van der Waals surface area contributed by atoms with Gasteiger partial charge in [-0.1, -0.05) is 6.07 Å². The van der Waals surface area contributed by atoms with Crippen molar-refractivity contribution in [3.05, 3.63) is 39.8 Å². The van der Waals surface area contributed by atoms with E-state index in [2.05, 4.69) is 12.0 Å². The van der Waals surface area contributed by atoms with E-state index in [0.717, 1.165) is 25.1 Å². The SMILES string of the molecule is CCOc1cccc(/C=N/c2sc3c(c2C(=O)OC(C)(C)C)CC[NH+](C)C3)c1O. The number of likely N-dealkylation sites (N-methyl/N-ethyl adjacent to an activating group) is 1. The molecule has 6 nitrogen and oxygen atoms in total. The minimum atomic E-state index is -0.576. The Morgan fingerprint density at radius 1 is 1.38 bits per heavy atom. The Kier molecular flexibility index (Phi) is 6.29. The van der Waals surface area contributed by atoms with Gasteiger partial charge in [0.25, 0.3) is 0 Å². The van der Waals surface area contributed by atoms with Gasteiger partial charge in [-0.25, -0.2) is 9.79 Å². The van der Waals surface area contributed by atoms with Crippen LogP contribution in [-0.4, -0.2) is 43.1 Å². The Labute approximate surface area is 175 Å². The number of ether oxygens (including phenoxy) is 2. The van der Waals surface area contributed by atoms with Gasteiger partial charge in [-0.05, 0) is 45.4 Å². The molecule has 2 N–H and O–H groups in total. The number of aromatic hydroxyl groups is 1. The van der Waals surface area contributed by atoms with Gasteiger partial charge in [-0.3, -0.25) is 0 Å². The third-order valence-corrected chi connectivity index (χ3v) is 5.73. The summed E-state index contributed by atoms with van der Waals surface area (Å²) in [5.74, 6) is 0.121. The van der Waals surface area contributed by atoms with Crippen molar-refractivity contribution >= 4 is 28.5 Å². The quantitative estimate of drug-likeness (QED) is 0.579. The number of aliphatic imine (C=N–C) groups is 1. The van der Waals surface area contributed by atoms with Crippen LogP contribution in [0, 0.1) is 0 Å². The van der Waals surface area contributed by atoms with Crippen LogP contribution in [0.5, 0.6) is 11.5 Å². The first kappa shape index (κ1) is 21.3. The number of hydrogen-bond acceptors (Lipinski definition) is 6. The van der Waals surface area contributed by atoms with E-state index in [9.17, 15) is 9.90 Å². The minimum Gasteiger partial charge on any atom is -0.504 e. The van der Waals surface area contributed by atoms with Gasteiger partial charge in [0.1, 0.15) is 22.7 Å². The number of thiophene rings is 1.